The lowest BCUT2D eigenvalue weighted by molar-refractivity contribution is 0.301. The van der Waals surface area contributed by atoms with Crippen LogP contribution >= 0.6 is 0 Å². The summed E-state index contributed by atoms with van der Waals surface area (Å²) in [5.74, 6) is 1.39. The van der Waals surface area contributed by atoms with Gasteiger partial charge in [0.15, 0.2) is 5.65 Å². The highest BCUT2D eigenvalue weighted by Crippen LogP contribution is 2.28. The predicted molar refractivity (Wildman–Crippen MR) is 98.2 cm³/mol. The van der Waals surface area contributed by atoms with Gasteiger partial charge in [0.1, 0.15) is 28.8 Å². The van der Waals surface area contributed by atoms with Gasteiger partial charge in [0.05, 0.1) is 11.8 Å². The molecule has 140 valence electrons. The van der Waals surface area contributed by atoms with Crippen LogP contribution in [0.1, 0.15) is 56.5 Å². The lowest BCUT2D eigenvalue weighted by atomic mass is 9.95. The van der Waals surface area contributed by atoms with Crippen molar-refractivity contribution in [1.82, 2.24) is 30.2 Å². The Hall–Kier alpha value is -3.02. The molecule has 4 heterocycles. The molecule has 4 rings (SSSR count). The molecule has 1 N–H and O–H groups in total. The van der Waals surface area contributed by atoms with Crippen LogP contribution in [0.25, 0.3) is 11.2 Å². The Morgan fingerprint density at radius 1 is 1.22 bits per heavy atom. The van der Waals surface area contributed by atoms with E-state index >= 15 is 0 Å². The lowest BCUT2D eigenvalue weighted by Crippen LogP contribution is -2.28. The third-order valence-electron chi connectivity index (χ3n) is 4.84. The van der Waals surface area contributed by atoms with Gasteiger partial charge in [-0.05, 0) is 19.8 Å². The second-order valence-corrected chi connectivity index (χ2v) is 7.96. The minimum absolute atomic E-state index is 0.161. The molecule has 1 saturated heterocycles. The number of hydrogen-bond donors (Lipinski definition) is 1. The van der Waals surface area contributed by atoms with E-state index in [0.29, 0.717) is 18.0 Å². The average molecular weight is 366 g/mol. The Kier molecular flexibility index (Phi) is 4.06. The van der Waals surface area contributed by atoms with E-state index in [1.54, 1.807) is 0 Å². The molecule has 0 aromatic carbocycles. The van der Waals surface area contributed by atoms with Crippen molar-refractivity contribution in [3.05, 3.63) is 22.9 Å². The first-order valence-electron chi connectivity index (χ1n) is 9.08. The Morgan fingerprint density at radius 2 is 2.04 bits per heavy atom. The summed E-state index contributed by atoms with van der Waals surface area (Å²) in [6.45, 7) is 8.87. The number of hydrogen-bond acceptors (Lipinski definition) is 8. The Bertz CT molecular complexity index is 1020. The van der Waals surface area contributed by atoms with Crippen molar-refractivity contribution in [2.24, 2.45) is 0 Å². The molecule has 1 aliphatic rings. The maximum Gasteiger partial charge on any atom is 0.206 e. The Morgan fingerprint density at radius 3 is 2.70 bits per heavy atom. The van der Waals surface area contributed by atoms with E-state index in [0.717, 1.165) is 47.8 Å². The summed E-state index contributed by atoms with van der Waals surface area (Å²) in [6, 6.07) is 2.19. The zero-order chi connectivity index (χ0) is 19.2. The van der Waals surface area contributed by atoms with Gasteiger partial charge in [-0.2, -0.15) is 10.2 Å². The van der Waals surface area contributed by atoms with Gasteiger partial charge in [0.2, 0.25) is 5.95 Å². The van der Waals surface area contributed by atoms with Crippen molar-refractivity contribution >= 4 is 17.1 Å². The molecule has 1 aliphatic heterocycles. The maximum absolute atomic E-state index is 9.39. The van der Waals surface area contributed by atoms with Crippen LogP contribution in [0.4, 0.5) is 5.95 Å². The standard InChI is InChI=1S/C18H22N8O/c1-10-12(25-27-24-10)8-13-14-15(22-16(20-13)18(2,3)4)23-17(21-14)26-7-5-6-11(26)9-19/h11H,5-8H2,1-4H3,(H,20,21,22,23)/t11-/m1/s1. The van der Waals surface area contributed by atoms with E-state index in [2.05, 4.69) is 52.1 Å². The Labute approximate surface area is 156 Å². The molecule has 0 spiro atoms. The number of imidazole rings is 1. The first-order valence-corrected chi connectivity index (χ1v) is 9.08. The first-order chi connectivity index (χ1) is 12.9. The van der Waals surface area contributed by atoms with Crippen LogP contribution in [-0.2, 0) is 11.8 Å². The van der Waals surface area contributed by atoms with Crippen LogP contribution in [0.15, 0.2) is 4.63 Å². The molecular weight excluding hydrogens is 344 g/mol. The van der Waals surface area contributed by atoms with Crippen LogP contribution in [0, 0.1) is 18.3 Å². The van der Waals surface area contributed by atoms with Gasteiger partial charge in [0, 0.05) is 18.4 Å². The molecule has 0 saturated carbocycles. The molecule has 3 aromatic heterocycles. The summed E-state index contributed by atoms with van der Waals surface area (Å²) in [6.07, 6.45) is 2.30. The van der Waals surface area contributed by atoms with Crippen LogP contribution in [-0.4, -0.2) is 42.8 Å². The molecule has 0 bridgehead atoms. The summed E-state index contributed by atoms with van der Waals surface area (Å²) < 4.78 is 4.83. The van der Waals surface area contributed by atoms with Crippen molar-refractivity contribution < 1.29 is 4.63 Å². The van der Waals surface area contributed by atoms with E-state index in [-0.39, 0.29) is 11.5 Å². The highest BCUT2D eigenvalue weighted by molar-refractivity contribution is 5.77. The largest absolute Gasteiger partial charge is 0.326 e. The van der Waals surface area contributed by atoms with Gasteiger partial charge in [-0.15, -0.1) is 0 Å². The molecule has 0 amide bonds. The maximum atomic E-state index is 9.39. The molecule has 1 fully saturated rings. The summed E-state index contributed by atoms with van der Waals surface area (Å²) in [5, 5.41) is 17.2. The van der Waals surface area contributed by atoms with Crippen LogP contribution in [0.2, 0.25) is 0 Å². The molecule has 3 aromatic rings. The molecule has 0 unspecified atom stereocenters. The molecule has 27 heavy (non-hydrogen) atoms. The quantitative estimate of drug-likeness (QED) is 0.750. The number of nitrogens with one attached hydrogen (secondary N) is 1. The van der Waals surface area contributed by atoms with E-state index < -0.39 is 0 Å². The fourth-order valence-electron chi connectivity index (χ4n) is 3.27. The summed E-state index contributed by atoms with van der Waals surface area (Å²) in [5.41, 5.74) is 3.43. The van der Waals surface area contributed by atoms with E-state index in [1.807, 2.05) is 11.8 Å². The smallest absolute Gasteiger partial charge is 0.206 e. The molecule has 9 nitrogen and oxygen atoms in total. The van der Waals surface area contributed by atoms with Crippen molar-refractivity contribution in [3.63, 3.8) is 0 Å². The average Bonchev–Trinajstić information content (AvgIpc) is 3.33. The third-order valence-corrected chi connectivity index (χ3v) is 4.84. The second-order valence-electron chi connectivity index (χ2n) is 7.96. The molecule has 9 heteroatoms. The number of nitriles is 1. The van der Waals surface area contributed by atoms with Crippen molar-refractivity contribution in [1.29, 1.82) is 5.26 Å². The number of anilines is 1. The minimum atomic E-state index is -0.220. The second kappa shape index (κ2) is 6.30. The molecule has 0 radical (unpaired) electrons. The number of aromatic amines is 1. The predicted octanol–water partition coefficient (Wildman–Crippen LogP) is 2.42. The highest BCUT2D eigenvalue weighted by Gasteiger charge is 2.28. The van der Waals surface area contributed by atoms with Crippen molar-refractivity contribution in [2.75, 3.05) is 11.4 Å². The van der Waals surface area contributed by atoms with E-state index in [9.17, 15) is 5.26 Å². The summed E-state index contributed by atoms with van der Waals surface area (Å²) >= 11 is 0. The number of aryl methyl sites for hydroxylation is 1. The van der Waals surface area contributed by atoms with Gasteiger partial charge in [-0.1, -0.05) is 31.1 Å². The van der Waals surface area contributed by atoms with Crippen LogP contribution in [0.5, 0.6) is 0 Å². The topological polar surface area (TPSA) is 120 Å². The fraction of sp³-hybridized carbons (Fsp3) is 0.556. The third kappa shape index (κ3) is 3.12. The molecule has 0 aliphatic carbocycles. The number of aromatic nitrogens is 6. The van der Waals surface area contributed by atoms with Gasteiger partial charge in [0.25, 0.3) is 0 Å². The van der Waals surface area contributed by atoms with E-state index in [4.69, 9.17) is 9.61 Å². The minimum Gasteiger partial charge on any atom is -0.326 e. The van der Waals surface area contributed by atoms with Gasteiger partial charge >= 0.3 is 0 Å². The fourth-order valence-corrected chi connectivity index (χ4v) is 3.27. The normalized spacial score (nSPS) is 17.6. The van der Waals surface area contributed by atoms with Crippen molar-refractivity contribution in [2.45, 2.75) is 58.4 Å². The highest BCUT2D eigenvalue weighted by atomic mass is 16.6. The Balaban J connectivity index is 1.84. The summed E-state index contributed by atoms with van der Waals surface area (Å²) in [4.78, 5) is 19.5. The van der Waals surface area contributed by atoms with Gasteiger partial charge in [-0.25, -0.2) is 14.6 Å². The zero-order valence-corrected chi connectivity index (χ0v) is 15.9. The number of nitrogens with zero attached hydrogens (tertiary/aromatic N) is 7. The van der Waals surface area contributed by atoms with Crippen LogP contribution in [0.3, 0.4) is 0 Å². The summed E-state index contributed by atoms with van der Waals surface area (Å²) in [7, 11) is 0. The monoisotopic (exact) mass is 366 g/mol. The first kappa shape index (κ1) is 17.4. The van der Waals surface area contributed by atoms with Crippen molar-refractivity contribution in [3.8, 4) is 6.07 Å². The number of H-pyrrole nitrogens is 1. The SMILES string of the molecule is Cc1nonc1Cc1nc(C(C)(C)C)nc2nc(N3CCC[C@@H]3C#N)[nH]c12. The van der Waals surface area contributed by atoms with E-state index in [1.165, 1.54) is 0 Å². The van der Waals surface area contributed by atoms with Crippen LogP contribution < -0.4 is 4.90 Å². The number of rotatable bonds is 3. The number of fused-ring (bicyclic) bond motifs is 1. The molecule has 1 atom stereocenters. The van der Waals surface area contributed by atoms with Gasteiger partial charge < -0.3 is 9.88 Å². The van der Waals surface area contributed by atoms with Gasteiger partial charge in [-0.3, -0.25) is 0 Å². The zero-order valence-electron chi connectivity index (χ0n) is 15.9. The molecular formula is C18H22N8O. The lowest BCUT2D eigenvalue weighted by Gasteiger charge is -2.17.